The highest BCUT2D eigenvalue weighted by Crippen LogP contribution is 2.27. The molecule has 2 aromatic rings. The second kappa shape index (κ2) is 9.07. The van der Waals surface area contributed by atoms with E-state index in [4.69, 9.17) is 0 Å². The van der Waals surface area contributed by atoms with Gasteiger partial charge in [-0.3, -0.25) is 4.79 Å². The maximum atomic E-state index is 13.0. The number of benzene rings is 1. The minimum atomic E-state index is -3.52. The summed E-state index contributed by atoms with van der Waals surface area (Å²) in [6, 6.07) is 8.44. The number of aromatic nitrogens is 3. The Morgan fingerprint density at radius 2 is 1.73 bits per heavy atom. The number of nitrogens with zero attached hydrogens (tertiary/aromatic N) is 5. The van der Waals surface area contributed by atoms with Gasteiger partial charge in [0.25, 0.3) is 0 Å². The van der Waals surface area contributed by atoms with Gasteiger partial charge in [-0.05, 0) is 31.9 Å². The van der Waals surface area contributed by atoms with Crippen LogP contribution in [-0.2, 0) is 27.8 Å². The third kappa shape index (κ3) is 4.40. The van der Waals surface area contributed by atoms with E-state index in [1.165, 1.54) is 22.5 Å². The zero-order valence-corrected chi connectivity index (χ0v) is 18.7. The van der Waals surface area contributed by atoms with Crippen LogP contribution in [0.25, 0.3) is 0 Å². The van der Waals surface area contributed by atoms with Crippen LogP contribution in [0.3, 0.4) is 0 Å². The summed E-state index contributed by atoms with van der Waals surface area (Å²) in [7, 11) is -3.52. The van der Waals surface area contributed by atoms with E-state index in [9.17, 15) is 13.2 Å². The standard InChI is InChI=1S/C20H27N5O3S2/c1-16(29-20-22-21-18-10-6-3-7-11-25(18)20)19(26)23-12-14-24(15-13-23)30(27,28)17-8-4-2-5-9-17/h2,4-5,8-9,16H,3,6-7,10-15H2,1H3/t16-/m0/s1. The number of rotatable bonds is 5. The van der Waals surface area contributed by atoms with E-state index in [0.29, 0.717) is 31.1 Å². The third-order valence-corrected chi connectivity index (χ3v) is 8.62. The maximum Gasteiger partial charge on any atom is 0.243 e. The summed E-state index contributed by atoms with van der Waals surface area (Å²) in [6.45, 7) is 4.20. The van der Waals surface area contributed by atoms with Gasteiger partial charge in [-0.1, -0.05) is 36.4 Å². The summed E-state index contributed by atoms with van der Waals surface area (Å²) in [5, 5.41) is 9.11. The number of hydrogen-bond acceptors (Lipinski definition) is 6. The molecule has 0 saturated carbocycles. The first kappa shape index (κ1) is 21.3. The number of amides is 1. The quantitative estimate of drug-likeness (QED) is 0.649. The summed E-state index contributed by atoms with van der Waals surface area (Å²) in [5.41, 5.74) is 0. The van der Waals surface area contributed by atoms with Crippen LogP contribution in [0.1, 0.15) is 32.0 Å². The molecule has 0 spiro atoms. The lowest BCUT2D eigenvalue weighted by molar-refractivity contribution is -0.131. The van der Waals surface area contributed by atoms with Gasteiger partial charge >= 0.3 is 0 Å². The van der Waals surface area contributed by atoms with Crippen LogP contribution in [0.2, 0.25) is 0 Å². The van der Waals surface area contributed by atoms with Crippen LogP contribution >= 0.6 is 11.8 Å². The Morgan fingerprint density at radius 1 is 1.00 bits per heavy atom. The normalized spacial score (nSPS) is 19.2. The summed E-state index contributed by atoms with van der Waals surface area (Å²) in [5.74, 6) is 1.03. The minimum Gasteiger partial charge on any atom is -0.339 e. The number of aryl methyl sites for hydroxylation is 1. The van der Waals surface area contributed by atoms with Crippen molar-refractivity contribution in [3.8, 4) is 0 Å². The smallest absolute Gasteiger partial charge is 0.243 e. The molecule has 1 atom stereocenters. The van der Waals surface area contributed by atoms with Gasteiger partial charge < -0.3 is 9.47 Å². The molecule has 0 unspecified atom stereocenters. The molecule has 0 bridgehead atoms. The van der Waals surface area contributed by atoms with Gasteiger partial charge in [-0.2, -0.15) is 4.31 Å². The number of thioether (sulfide) groups is 1. The zero-order valence-electron chi connectivity index (χ0n) is 17.1. The number of piperazine rings is 1. The molecule has 0 N–H and O–H groups in total. The van der Waals surface area contributed by atoms with Gasteiger partial charge in [0.1, 0.15) is 5.82 Å². The fourth-order valence-corrected chi connectivity index (χ4v) is 6.32. The Kier molecular flexibility index (Phi) is 6.45. The Bertz CT molecular complexity index is 985. The minimum absolute atomic E-state index is 0.0164. The molecule has 1 saturated heterocycles. The molecular weight excluding hydrogens is 422 g/mol. The molecule has 3 heterocycles. The lowest BCUT2D eigenvalue weighted by Crippen LogP contribution is -2.52. The number of carbonyl (C=O) groups is 1. The molecule has 1 aromatic carbocycles. The Morgan fingerprint density at radius 3 is 2.47 bits per heavy atom. The van der Waals surface area contributed by atoms with E-state index in [1.54, 1.807) is 35.2 Å². The first-order valence-electron chi connectivity index (χ1n) is 10.4. The number of hydrogen-bond donors (Lipinski definition) is 0. The molecule has 162 valence electrons. The van der Waals surface area contributed by atoms with Crippen molar-refractivity contribution in [3.63, 3.8) is 0 Å². The SMILES string of the molecule is C[C@H](Sc1nnc2n1CCCCC2)C(=O)N1CCN(S(=O)(=O)c2ccccc2)CC1. The highest BCUT2D eigenvalue weighted by molar-refractivity contribution is 8.00. The average Bonchev–Trinajstić information content (AvgIpc) is 2.99. The molecule has 1 aromatic heterocycles. The van der Waals surface area contributed by atoms with Gasteiger partial charge in [0.05, 0.1) is 10.1 Å². The molecule has 30 heavy (non-hydrogen) atoms. The first-order valence-corrected chi connectivity index (χ1v) is 12.7. The Balaban J connectivity index is 1.36. The molecule has 0 radical (unpaired) electrons. The molecule has 4 rings (SSSR count). The van der Waals surface area contributed by atoms with Crippen LogP contribution in [0.5, 0.6) is 0 Å². The van der Waals surface area contributed by atoms with Crippen molar-refractivity contribution in [1.82, 2.24) is 24.0 Å². The molecule has 0 aliphatic carbocycles. The highest BCUT2D eigenvalue weighted by atomic mass is 32.2. The van der Waals surface area contributed by atoms with Crippen LogP contribution in [-0.4, -0.2) is 69.7 Å². The van der Waals surface area contributed by atoms with Crippen molar-refractivity contribution in [3.05, 3.63) is 36.2 Å². The van der Waals surface area contributed by atoms with Crippen molar-refractivity contribution >= 4 is 27.7 Å². The van der Waals surface area contributed by atoms with E-state index >= 15 is 0 Å². The van der Waals surface area contributed by atoms with Crippen LogP contribution in [0.4, 0.5) is 0 Å². The van der Waals surface area contributed by atoms with Crippen LogP contribution < -0.4 is 0 Å². The lowest BCUT2D eigenvalue weighted by atomic mass is 10.2. The fraction of sp³-hybridized carbons (Fsp3) is 0.550. The highest BCUT2D eigenvalue weighted by Gasteiger charge is 2.32. The van der Waals surface area contributed by atoms with Gasteiger partial charge in [-0.25, -0.2) is 8.42 Å². The zero-order chi connectivity index (χ0) is 21.1. The second-order valence-corrected chi connectivity index (χ2v) is 10.9. The average molecular weight is 450 g/mol. The van der Waals surface area contributed by atoms with Gasteiger partial charge in [0.15, 0.2) is 5.16 Å². The predicted molar refractivity (Wildman–Crippen MR) is 115 cm³/mol. The second-order valence-electron chi connectivity index (χ2n) is 7.66. The van der Waals surface area contributed by atoms with E-state index in [2.05, 4.69) is 14.8 Å². The summed E-state index contributed by atoms with van der Waals surface area (Å²) < 4.78 is 29.2. The predicted octanol–water partition coefficient (Wildman–Crippen LogP) is 2.02. The maximum absolute atomic E-state index is 13.0. The fourth-order valence-electron chi connectivity index (χ4n) is 3.90. The molecule has 1 fully saturated rings. The van der Waals surface area contributed by atoms with Crippen molar-refractivity contribution in [2.24, 2.45) is 0 Å². The summed E-state index contributed by atoms with van der Waals surface area (Å²) >= 11 is 1.45. The monoisotopic (exact) mass is 449 g/mol. The van der Waals surface area contributed by atoms with E-state index in [-0.39, 0.29) is 11.2 Å². The topological polar surface area (TPSA) is 88.4 Å². The van der Waals surface area contributed by atoms with Crippen LogP contribution in [0.15, 0.2) is 40.4 Å². The number of carbonyl (C=O) groups excluding carboxylic acids is 1. The Hall–Kier alpha value is -1.91. The Labute approximate surface area is 181 Å². The van der Waals surface area contributed by atoms with Gasteiger partial charge in [-0.15, -0.1) is 10.2 Å². The van der Waals surface area contributed by atoms with Crippen molar-refractivity contribution in [1.29, 1.82) is 0 Å². The molecule has 10 heteroatoms. The largest absolute Gasteiger partial charge is 0.339 e. The lowest BCUT2D eigenvalue weighted by Gasteiger charge is -2.35. The van der Waals surface area contributed by atoms with E-state index in [0.717, 1.165) is 36.8 Å². The molecule has 1 amide bonds. The summed E-state index contributed by atoms with van der Waals surface area (Å²) in [6.07, 6.45) is 4.37. The number of sulfonamides is 1. The van der Waals surface area contributed by atoms with Gasteiger partial charge in [0.2, 0.25) is 15.9 Å². The summed E-state index contributed by atoms with van der Waals surface area (Å²) in [4.78, 5) is 15.0. The molecule has 2 aliphatic heterocycles. The van der Waals surface area contributed by atoms with Crippen LogP contribution in [0, 0.1) is 0 Å². The first-order chi connectivity index (χ1) is 14.5. The molecule has 2 aliphatic rings. The molecule has 8 nitrogen and oxygen atoms in total. The third-order valence-electron chi connectivity index (χ3n) is 5.64. The van der Waals surface area contributed by atoms with Crippen molar-refractivity contribution in [2.75, 3.05) is 26.2 Å². The van der Waals surface area contributed by atoms with E-state index in [1.807, 2.05) is 6.92 Å². The van der Waals surface area contributed by atoms with Crippen molar-refractivity contribution in [2.45, 2.75) is 54.5 Å². The number of fused-ring (bicyclic) bond motifs is 1. The van der Waals surface area contributed by atoms with E-state index < -0.39 is 10.0 Å². The van der Waals surface area contributed by atoms with Gasteiger partial charge in [0, 0.05) is 39.1 Å². The van der Waals surface area contributed by atoms with Crippen molar-refractivity contribution < 1.29 is 13.2 Å². The molecular formula is C20H27N5O3S2.